The molecule has 4 heteroatoms. The molecule has 0 amide bonds. The summed E-state index contributed by atoms with van der Waals surface area (Å²) in [5.41, 5.74) is 10.2. The van der Waals surface area contributed by atoms with Gasteiger partial charge in [-0.3, -0.25) is 4.98 Å². The number of benzene rings is 8. The summed E-state index contributed by atoms with van der Waals surface area (Å²) in [6.07, 6.45) is 1.84. The van der Waals surface area contributed by atoms with Crippen molar-refractivity contribution in [2.24, 2.45) is 0 Å². The second-order valence-electron chi connectivity index (χ2n) is 13.2. The molecule has 0 aliphatic heterocycles. The van der Waals surface area contributed by atoms with E-state index < -0.39 is 0 Å². The maximum atomic E-state index is 6.22. The first kappa shape index (κ1) is 28.0. The number of hydrogen-bond donors (Lipinski definition) is 0. The van der Waals surface area contributed by atoms with E-state index in [-0.39, 0.29) is 0 Å². The summed E-state index contributed by atoms with van der Waals surface area (Å²) in [5.74, 6) is 0. The molecule has 11 rings (SSSR count). The summed E-state index contributed by atoms with van der Waals surface area (Å²) in [4.78, 5) is 6.85. The smallest absolute Gasteiger partial charge is 0.136 e. The van der Waals surface area contributed by atoms with Gasteiger partial charge in [0.2, 0.25) is 0 Å². The number of fused-ring (bicyclic) bond motifs is 9. The van der Waals surface area contributed by atoms with Gasteiger partial charge in [-0.1, -0.05) is 72.8 Å². The molecular weight excluding hydrogens is 625 g/mol. The van der Waals surface area contributed by atoms with Crippen LogP contribution >= 0.6 is 0 Å². The van der Waals surface area contributed by atoms with Crippen LogP contribution in [0.2, 0.25) is 0 Å². The minimum Gasteiger partial charge on any atom is -0.456 e. The number of rotatable bonds is 4. The predicted molar refractivity (Wildman–Crippen MR) is 211 cm³/mol. The molecule has 0 bridgehead atoms. The van der Waals surface area contributed by atoms with Gasteiger partial charge >= 0.3 is 0 Å². The highest BCUT2D eigenvalue weighted by Gasteiger charge is 2.17. The average molecular weight is 653 g/mol. The molecular formula is C47H28N2O2. The third-order valence-corrected chi connectivity index (χ3v) is 10.2. The van der Waals surface area contributed by atoms with E-state index in [2.05, 4.69) is 143 Å². The molecule has 3 aromatic heterocycles. The van der Waals surface area contributed by atoms with Crippen LogP contribution < -0.4 is 4.90 Å². The highest BCUT2D eigenvalue weighted by molar-refractivity contribution is 6.12. The molecule has 0 aliphatic carbocycles. The number of para-hydroxylation sites is 2. The molecule has 8 aromatic carbocycles. The molecule has 0 N–H and O–H groups in total. The lowest BCUT2D eigenvalue weighted by molar-refractivity contribution is 0.669. The number of aromatic nitrogens is 1. The fourth-order valence-electron chi connectivity index (χ4n) is 7.70. The first-order valence-corrected chi connectivity index (χ1v) is 17.2. The minimum absolute atomic E-state index is 0.904. The Kier molecular flexibility index (Phi) is 5.92. The van der Waals surface area contributed by atoms with E-state index >= 15 is 0 Å². The van der Waals surface area contributed by atoms with Gasteiger partial charge in [0.15, 0.2) is 0 Å². The van der Waals surface area contributed by atoms with Crippen LogP contribution in [0.3, 0.4) is 0 Å². The Morgan fingerprint density at radius 3 is 1.55 bits per heavy atom. The van der Waals surface area contributed by atoms with Gasteiger partial charge in [-0.05, 0) is 124 Å². The van der Waals surface area contributed by atoms with E-state index in [1.54, 1.807) is 0 Å². The van der Waals surface area contributed by atoms with Crippen molar-refractivity contribution in [3.05, 3.63) is 170 Å². The second-order valence-corrected chi connectivity index (χ2v) is 13.2. The van der Waals surface area contributed by atoms with E-state index in [0.717, 1.165) is 105 Å². The van der Waals surface area contributed by atoms with Crippen LogP contribution in [0, 0.1) is 0 Å². The Morgan fingerprint density at radius 2 is 0.922 bits per heavy atom. The van der Waals surface area contributed by atoms with Crippen molar-refractivity contribution in [3.63, 3.8) is 0 Å². The van der Waals surface area contributed by atoms with Crippen molar-refractivity contribution in [3.8, 4) is 11.1 Å². The molecule has 0 radical (unpaired) electrons. The summed E-state index contributed by atoms with van der Waals surface area (Å²) in [6, 6.07) is 58.1. The Hall–Kier alpha value is -6.91. The van der Waals surface area contributed by atoms with Crippen molar-refractivity contribution >= 4 is 93.4 Å². The van der Waals surface area contributed by atoms with Crippen LogP contribution in [0.4, 0.5) is 17.1 Å². The summed E-state index contributed by atoms with van der Waals surface area (Å²) >= 11 is 0. The molecule has 0 aliphatic rings. The number of nitrogens with zero attached hydrogens (tertiary/aromatic N) is 2. The number of pyridine rings is 1. The third kappa shape index (κ3) is 4.50. The number of hydrogen-bond acceptors (Lipinski definition) is 4. The maximum absolute atomic E-state index is 6.22. The molecule has 0 unspecified atom stereocenters. The van der Waals surface area contributed by atoms with E-state index in [4.69, 9.17) is 8.83 Å². The molecule has 0 spiro atoms. The lowest BCUT2D eigenvalue weighted by Gasteiger charge is -2.26. The monoisotopic (exact) mass is 652 g/mol. The summed E-state index contributed by atoms with van der Waals surface area (Å²) in [7, 11) is 0. The molecule has 51 heavy (non-hydrogen) atoms. The topological polar surface area (TPSA) is 42.4 Å². The Morgan fingerprint density at radius 1 is 0.353 bits per heavy atom. The van der Waals surface area contributed by atoms with Gasteiger partial charge in [0.25, 0.3) is 0 Å². The fourth-order valence-corrected chi connectivity index (χ4v) is 7.70. The lowest BCUT2D eigenvalue weighted by atomic mass is 10.0. The zero-order valence-electron chi connectivity index (χ0n) is 27.4. The normalized spacial score (nSPS) is 11.9. The lowest BCUT2D eigenvalue weighted by Crippen LogP contribution is -2.09. The molecule has 0 saturated carbocycles. The number of furan rings is 2. The molecule has 11 aromatic rings. The fraction of sp³-hybridized carbons (Fsp3) is 0. The van der Waals surface area contributed by atoms with Crippen LogP contribution in [0.25, 0.3) is 87.5 Å². The van der Waals surface area contributed by atoms with Crippen LogP contribution in [-0.4, -0.2) is 4.98 Å². The van der Waals surface area contributed by atoms with Crippen molar-refractivity contribution in [1.82, 2.24) is 4.98 Å². The first-order valence-electron chi connectivity index (χ1n) is 17.2. The highest BCUT2D eigenvalue weighted by Crippen LogP contribution is 2.41. The third-order valence-electron chi connectivity index (χ3n) is 10.2. The molecule has 3 heterocycles. The van der Waals surface area contributed by atoms with E-state index in [1.165, 1.54) is 0 Å². The molecule has 238 valence electrons. The van der Waals surface area contributed by atoms with E-state index in [0.29, 0.717) is 0 Å². The minimum atomic E-state index is 0.904. The number of anilines is 3. The molecule has 0 fully saturated rings. The summed E-state index contributed by atoms with van der Waals surface area (Å²) in [5, 5.41) is 10.2. The van der Waals surface area contributed by atoms with Crippen LogP contribution in [0.5, 0.6) is 0 Å². The zero-order chi connectivity index (χ0) is 33.5. The van der Waals surface area contributed by atoms with Gasteiger partial charge in [-0.15, -0.1) is 0 Å². The van der Waals surface area contributed by atoms with Gasteiger partial charge in [0.1, 0.15) is 22.3 Å². The standard InChI is InChI=1S/C47H28N2O2/c1-3-9-44-39(7-1)41-25-34-23-37(18-13-31(34)27-46(41)50-44)49(36-16-11-29(12-17-36)30-15-20-43-33(22-30)6-5-21-48-43)38-19-14-32-28-47-42(26-35(32)24-38)40-8-2-4-10-45(40)51-47/h1-28H. The quantitative estimate of drug-likeness (QED) is 0.190. The van der Waals surface area contributed by atoms with Crippen molar-refractivity contribution in [1.29, 1.82) is 0 Å². The predicted octanol–water partition coefficient (Wildman–Crippen LogP) is 13.5. The Bertz CT molecular complexity index is 3000. The van der Waals surface area contributed by atoms with Gasteiger partial charge in [-0.2, -0.15) is 0 Å². The van der Waals surface area contributed by atoms with Gasteiger partial charge in [-0.25, -0.2) is 0 Å². The van der Waals surface area contributed by atoms with Crippen molar-refractivity contribution in [2.45, 2.75) is 0 Å². The highest BCUT2D eigenvalue weighted by atomic mass is 16.3. The second kappa shape index (κ2) is 10.8. The van der Waals surface area contributed by atoms with Gasteiger partial charge < -0.3 is 13.7 Å². The van der Waals surface area contributed by atoms with Crippen LogP contribution in [0.1, 0.15) is 0 Å². The molecule has 0 atom stereocenters. The van der Waals surface area contributed by atoms with E-state index in [9.17, 15) is 0 Å². The van der Waals surface area contributed by atoms with Crippen molar-refractivity contribution < 1.29 is 8.83 Å². The van der Waals surface area contributed by atoms with Gasteiger partial charge in [0.05, 0.1) is 5.52 Å². The van der Waals surface area contributed by atoms with Crippen LogP contribution in [0.15, 0.2) is 179 Å². The van der Waals surface area contributed by atoms with Crippen LogP contribution in [-0.2, 0) is 0 Å². The summed E-state index contributed by atoms with van der Waals surface area (Å²) in [6.45, 7) is 0. The molecule has 0 saturated heterocycles. The maximum Gasteiger partial charge on any atom is 0.136 e. The summed E-state index contributed by atoms with van der Waals surface area (Å²) < 4.78 is 12.4. The average Bonchev–Trinajstić information content (AvgIpc) is 3.73. The first-order chi connectivity index (χ1) is 25.2. The Labute approximate surface area is 292 Å². The zero-order valence-corrected chi connectivity index (χ0v) is 27.4. The van der Waals surface area contributed by atoms with Crippen molar-refractivity contribution in [2.75, 3.05) is 4.90 Å². The van der Waals surface area contributed by atoms with E-state index in [1.807, 2.05) is 36.5 Å². The Balaban J connectivity index is 1.08. The van der Waals surface area contributed by atoms with Gasteiger partial charge in [0, 0.05) is 50.2 Å². The largest absolute Gasteiger partial charge is 0.456 e. The molecule has 4 nitrogen and oxygen atoms in total. The SMILES string of the molecule is c1cnc2ccc(-c3ccc(N(c4ccc5cc6oc7ccccc7c6cc5c4)c4ccc5cc6oc7ccccc7c6cc5c4)cc3)cc2c1.